The molecule has 1 atom stereocenters. The Bertz CT molecular complexity index is 751. The molecule has 1 aromatic heterocycles. The molecule has 4 nitrogen and oxygen atoms in total. The third-order valence-corrected chi connectivity index (χ3v) is 4.10. The first-order valence-electron chi connectivity index (χ1n) is 7.09. The van der Waals surface area contributed by atoms with Gasteiger partial charge in [-0.05, 0) is 30.7 Å². The third-order valence-electron chi connectivity index (χ3n) is 4.10. The summed E-state index contributed by atoms with van der Waals surface area (Å²) in [5.74, 6) is -1.76. The Morgan fingerprint density at radius 1 is 1.27 bits per heavy atom. The predicted octanol–water partition coefficient (Wildman–Crippen LogP) is 1.48. The van der Waals surface area contributed by atoms with E-state index in [1.54, 1.807) is 35.9 Å². The zero-order chi connectivity index (χ0) is 15.7. The lowest BCUT2D eigenvalue weighted by molar-refractivity contribution is 0.343. The molecule has 1 aliphatic rings. The van der Waals surface area contributed by atoms with Gasteiger partial charge in [-0.2, -0.15) is 0 Å². The van der Waals surface area contributed by atoms with Crippen molar-refractivity contribution in [2.45, 2.75) is 19.0 Å². The van der Waals surface area contributed by atoms with Crippen molar-refractivity contribution < 1.29 is 8.78 Å². The van der Waals surface area contributed by atoms with Crippen LogP contribution in [0.3, 0.4) is 0 Å². The Labute approximate surface area is 126 Å². The monoisotopic (exact) mass is 305 g/mol. The van der Waals surface area contributed by atoms with Crippen LogP contribution in [0.4, 0.5) is 8.78 Å². The molecule has 0 saturated carbocycles. The molecule has 1 aliphatic heterocycles. The highest BCUT2D eigenvalue weighted by Gasteiger charge is 2.36. The lowest BCUT2D eigenvalue weighted by Crippen LogP contribution is -2.45. The second-order valence-corrected chi connectivity index (χ2v) is 5.62. The Morgan fingerprint density at radius 3 is 2.77 bits per heavy atom. The van der Waals surface area contributed by atoms with E-state index in [9.17, 15) is 13.6 Å². The maximum atomic E-state index is 13.6. The van der Waals surface area contributed by atoms with Crippen LogP contribution >= 0.6 is 0 Å². The summed E-state index contributed by atoms with van der Waals surface area (Å²) < 4.78 is 28.4. The average Bonchev–Trinajstić information content (AvgIpc) is 2.96. The summed E-state index contributed by atoms with van der Waals surface area (Å²) in [6.07, 6.45) is 1.71. The molecular formula is C16H17F2N3O. The van der Waals surface area contributed by atoms with E-state index in [0.29, 0.717) is 30.9 Å². The van der Waals surface area contributed by atoms with Gasteiger partial charge in [0.05, 0.1) is 5.54 Å². The van der Waals surface area contributed by atoms with Crippen molar-refractivity contribution in [1.29, 1.82) is 0 Å². The van der Waals surface area contributed by atoms with Gasteiger partial charge >= 0.3 is 0 Å². The van der Waals surface area contributed by atoms with Gasteiger partial charge in [0.1, 0.15) is 0 Å². The number of nitrogens with zero attached hydrogens (tertiary/aromatic N) is 1. The van der Waals surface area contributed by atoms with E-state index in [0.717, 1.165) is 6.07 Å². The van der Waals surface area contributed by atoms with Crippen LogP contribution in [-0.2, 0) is 12.1 Å². The SMILES string of the molecule is Cc1cccn(CC2(c3ccc(F)c(F)c3)CNCN2)c1=O. The predicted molar refractivity (Wildman–Crippen MR) is 79.5 cm³/mol. The Kier molecular flexibility index (Phi) is 3.80. The first kappa shape index (κ1) is 14.9. The van der Waals surface area contributed by atoms with Gasteiger partial charge in [0, 0.05) is 31.5 Å². The molecule has 22 heavy (non-hydrogen) atoms. The second kappa shape index (κ2) is 5.62. The van der Waals surface area contributed by atoms with Gasteiger partial charge in [0.25, 0.3) is 5.56 Å². The standard InChI is InChI=1S/C16H17F2N3O/c1-11-3-2-6-21(15(11)22)9-16(8-19-10-20-16)12-4-5-13(17)14(18)7-12/h2-7,19-20H,8-10H2,1H3. The van der Waals surface area contributed by atoms with E-state index < -0.39 is 17.2 Å². The van der Waals surface area contributed by atoms with Gasteiger partial charge in [-0.1, -0.05) is 12.1 Å². The number of rotatable bonds is 3. The number of pyridine rings is 1. The summed E-state index contributed by atoms with van der Waals surface area (Å²) in [7, 11) is 0. The van der Waals surface area contributed by atoms with E-state index in [1.165, 1.54) is 6.07 Å². The molecule has 0 aliphatic carbocycles. The highest BCUT2D eigenvalue weighted by Crippen LogP contribution is 2.26. The number of aryl methyl sites for hydroxylation is 1. The fourth-order valence-corrected chi connectivity index (χ4v) is 2.84. The molecule has 1 unspecified atom stereocenters. The lowest BCUT2D eigenvalue weighted by atomic mass is 9.90. The zero-order valence-corrected chi connectivity index (χ0v) is 12.2. The molecule has 0 spiro atoms. The second-order valence-electron chi connectivity index (χ2n) is 5.62. The topological polar surface area (TPSA) is 46.1 Å². The van der Waals surface area contributed by atoms with Crippen molar-refractivity contribution in [2.24, 2.45) is 0 Å². The van der Waals surface area contributed by atoms with Gasteiger partial charge < -0.3 is 9.88 Å². The van der Waals surface area contributed by atoms with Crippen molar-refractivity contribution in [2.75, 3.05) is 13.2 Å². The molecule has 116 valence electrons. The molecule has 3 rings (SSSR count). The maximum Gasteiger partial charge on any atom is 0.253 e. The normalized spacial score (nSPS) is 21.2. The van der Waals surface area contributed by atoms with E-state index in [2.05, 4.69) is 10.6 Å². The van der Waals surface area contributed by atoms with Gasteiger partial charge in [0.2, 0.25) is 0 Å². The summed E-state index contributed by atoms with van der Waals surface area (Å²) >= 11 is 0. The van der Waals surface area contributed by atoms with Crippen LogP contribution in [0.15, 0.2) is 41.3 Å². The minimum atomic E-state index is -0.887. The van der Waals surface area contributed by atoms with Gasteiger partial charge in [-0.15, -0.1) is 0 Å². The highest BCUT2D eigenvalue weighted by atomic mass is 19.2. The van der Waals surface area contributed by atoms with Crippen molar-refractivity contribution in [3.63, 3.8) is 0 Å². The van der Waals surface area contributed by atoms with Crippen LogP contribution < -0.4 is 16.2 Å². The van der Waals surface area contributed by atoms with Crippen molar-refractivity contribution in [3.05, 3.63) is 69.6 Å². The first-order valence-corrected chi connectivity index (χ1v) is 7.09. The smallest absolute Gasteiger partial charge is 0.253 e. The summed E-state index contributed by atoms with van der Waals surface area (Å²) in [6, 6.07) is 7.42. The van der Waals surface area contributed by atoms with Gasteiger partial charge in [0.15, 0.2) is 11.6 Å². The lowest BCUT2D eigenvalue weighted by Gasteiger charge is -2.30. The molecule has 0 radical (unpaired) electrons. The molecule has 6 heteroatoms. The zero-order valence-electron chi connectivity index (χ0n) is 12.2. The Balaban J connectivity index is 2.03. The van der Waals surface area contributed by atoms with E-state index in [-0.39, 0.29) is 5.56 Å². The molecule has 2 heterocycles. The fraction of sp³-hybridized carbons (Fsp3) is 0.312. The molecule has 1 fully saturated rings. The maximum absolute atomic E-state index is 13.6. The number of aromatic nitrogens is 1. The summed E-state index contributed by atoms with van der Waals surface area (Å²) in [5.41, 5.74) is 0.531. The van der Waals surface area contributed by atoms with E-state index >= 15 is 0 Å². The minimum Gasteiger partial charge on any atom is -0.313 e. The third kappa shape index (κ3) is 2.55. The van der Waals surface area contributed by atoms with Crippen LogP contribution in [0.25, 0.3) is 0 Å². The van der Waals surface area contributed by atoms with Crippen LogP contribution in [-0.4, -0.2) is 17.8 Å². The molecule has 0 bridgehead atoms. The van der Waals surface area contributed by atoms with Gasteiger partial charge in [-0.25, -0.2) is 8.78 Å². The molecule has 1 saturated heterocycles. The minimum absolute atomic E-state index is 0.0850. The Hall–Kier alpha value is -2.05. The van der Waals surface area contributed by atoms with Crippen molar-refractivity contribution >= 4 is 0 Å². The van der Waals surface area contributed by atoms with Gasteiger partial charge in [-0.3, -0.25) is 10.1 Å². The molecule has 2 N–H and O–H groups in total. The number of halogens is 2. The number of nitrogens with one attached hydrogen (secondary N) is 2. The number of hydrogen-bond donors (Lipinski definition) is 2. The summed E-state index contributed by atoms with van der Waals surface area (Å²) in [6.45, 7) is 3.16. The van der Waals surface area contributed by atoms with Crippen molar-refractivity contribution in [1.82, 2.24) is 15.2 Å². The fourth-order valence-electron chi connectivity index (χ4n) is 2.84. The van der Waals surface area contributed by atoms with Crippen LogP contribution in [0, 0.1) is 18.6 Å². The largest absolute Gasteiger partial charge is 0.313 e. The highest BCUT2D eigenvalue weighted by molar-refractivity contribution is 5.28. The molecule has 1 aromatic carbocycles. The first-order chi connectivity index (χ1) is 10.5. The molecule has 2 aromatic rings. The number of hydrogen-bond acceptors (Lipinski definition) is 3. The molecule has 0 amide bonds. The average molecular weight is 305 g/mol. The van der Waals surface area contributed by atoms with Crippen molar-refractivity contribution in [3.8, 4) is 0 Å². The van der Waals surface area contributed by atoms with E-state index in [1.807, 2.05) is 0 Å². The summed E-state index contributed by atoms with van der Waals surface area (Å²) in [4.78, 5) is 12.2. The quantitative estimate of drug-likeness (QED) is 0.903. The number of benzene rings is 1. The van der Waals surface area contributed by atoms with E-state index in [4.69, 9.17) is 0 Å². The van der Waals surface area contributed by atoms with Crippen LogP contribution in [0.1, 0.15) is 11.1 Å². The Morgan fingerprint density at radius 2 is 2.09 bits per heavy atom. The van der Waals surface area contributed by atoms with Crippen LogP contribution in [0.2, 0.25) is 0 Å². The van der Waals surface area contributed by atoms with Crippen LogP contribution in [0.5, 0.6) is 0 Å². The summed E-state index contributed by atoms with van der Waals surface area (Å²) in [5, 5.41) is 6.43. The molecular weight excluding hydrogens is 288 g/mol.